The van der Waals surface area contributed by atoms with Crippen LogP contribution in [0.25, 0.3) is 0 Å². The Bertz CT molecular complexity index is 514. The molecule has 0 aliphatic rings. The van der Waals surface area contributed by atoms with Crippen LogP contribution in [0.1, 0.15) is 22.8 Å². The molecule has 0 aliphatic heterocycles. The lowest BCUT2D eigenvalue weighted by atomic mass is 10.1. The number of nitrogens with zero attached hydrogens (tertiary/aromatic N) is 1. The minimum Gasteiger partial charge on any atom is -0.374 e. The Labute approximate surface area is 108 Å². The fourth-order valence-corrected chi connectivity index (χ4v) is 1.35. The third-order valence-corrected chi connectivity index (χ3v) is 2.25. The topological polar surface area (TPSA) is 108 Å². The number of benzene rings is 1. The molecule has 8 heteroatoms. The first-order valence-corrected chi connectivity index (χ1v) is 5.27. The van der Waals surface area contributed by atoms with Gasteiger partial charge in [-0.1, -0.05) is 4.99 Å². The molecule has 102 valence electrons. The molecular weight excluding hydrogens is 256 g/mol. The first-order chi connectivity index (χ1) is 8.90. The summed E-state index contributed by atoms with van der Waals surface area (Å²) in [5, 5.41) is 11.3. The van der Waals surface area contributed by atoms with Crippen LogP contribution in [-0.2, 0) is 14.7 Å². The molecule has 0 unspecified atom stereocenters. The second kappa shape index (κ2) is 6.34. The Kier molecular flexibility index (Phi) is 4.81. The predicted molar refractivity (Wildman–Crippen MR) is 63.8 cm³/mol. The maximum absolute atomic E-state index is 11.1. The van der Waals surface area contributed by atoms with Crippen LogP contribution < -0.4 is 5.32 Å². The van der Waals surface area contributed by atoms with E-state index in [2.05, 4.69) is 15.2 Å². The van der Waals surface area contributed by atoms with Crippen LogP contribution in [0.15, 0.2) is 18.2 Å². The highest BCUT2D eigenvalue weighted by molar-refractivity contribution is 5.94. The second-order valence-electron chi connectivity index (χ2n) is 3.69. The van der Waals surface area contributed by atoms with Crippen molar-refractivity contribution in [1.29, 1.82) is 0 Å². The van der Waals surface area contributed by atoms with Crippen LogP contribution in [0.2, 0.25) is 0 Å². The van der Waals surface area contributed by atoms with Crippen molar-refractivity contribution in [3.8, 4) is 0 Å². The van der Waals surface area contributed by atoms with Gasteiger partial charge in [0.15, 0.2) is 5.78 Å². The minimum absolute atomic E-state index is 0.0616. The number of hydrogen-bond donors (Lipinski definition) is 1. The van der Waals surface area contributed by atoms with Crippen molar-refractivity contribution < 1.29 is 24.6 Å². The summed E-state index contributed by atoms with van der Waals surface area (Å²) in [5.41, 5.74) is 1.93. The van der Waals surface area contributed by atoms with E-state index in [-0.39, 0.29) is 12.3 Å². The summed E-state index contributed by atoms with van der Waals surface area (Å²) in [6.07, 6.45) is 0. The van der Waals surface area contributed by atoms with Gasteiger partial charge in [0.25, 0.3) is 0 Å². The van der Waals surface area contributed by atoms with E-state index in [9.17, 15) is 19.7 Å². The highest BCUT2D eigenvalue weighted by Crippen LogP contribution is 2.16. The molecule has 0 bridgehead atoms. The monoisotopic (exact) mass is 268 g/mol. The standard InChI is InChI=1S/C11H12N2O6/c1-7-5-9(8(2)14)3-4-10(7)12-6-11(15)18-19-13(16)17/h3-5,12H,6H2,1-2H3. The normalized spacial score (nSPS) is 9.58. The number of ketones is 1. The molecule has 1 rings (SSSR count). The summed E-state index contributed by atoms with van der Waals surface area (Å²) < 4.78 is 0. The fourth-order valence-electron chi connectivity index (χ4n) is 1.35. The number of carbonyl (C=O) groups is 2. The Balaban J connectivity index is 2.56. The van der Waals surface area contributed by atoms with Gasteiger partial charge in [-0.25, -0.2) is 4.79 Å². The summed E-state index contributed by atoms with van der Waals surface area (Å²) >= 11 is 0. The number of hydrogen-bond acceptors (Lipinski definition) is 7. The molecule has 19 heavy (non-hydrogen) atoms. The SMILES string of the molecule is CC(=O)c1ccc(NCC(=O)OO[N+](=O)[O-])c(C)c1. The third kappa shape index (κ3) is 4.62. The average Bonchev–Trinajstić information content (AvgIpc) is 2.34. The van der Waals surface area contributed by atoms with Gasteiger partial charge >= 0.3 is 11.1 Å². The molecule has 0 aliphatic carbocycles. The molecule has 0 radical (unpaired) electrons. The first kappa shape index (κ1) is 14.4. The van der Waals surface area contributed by atoms with E-state index in [1.54, 1.807) is 25.1 Å². The number of Topliss-reactive ketones (excluding diaryl/α,β-unsaturated/α-hetero) is 1. The Morgan fingerprint density at radius 2 is 2.11 bits per heavy atom. The Hall–Kier alpha value is -2.64. The van der Waals surface area contributed by atoms with Crippen molar-refractivity contribution in [2.24, 2.45) is 0 Å². The van der Waals surface area contributed by atoms with E-state index in [1.807, 2.05) is 0 Å². The molecular formula is C11H12N2O6. The molecule has 1 aromatic rings. The van der Waals surface area contributed by atoms with Gasteiger partial charge in [-0.05, 0) is 37.6 Å². The lowest BCUT2D eigenvalue weighted by molar-refractivity contribution is -0.839. The zero-order valence-corrected chi connectivity index (χ0v) is 10.3. The van der Waals surface area contributed by atoms with Crippen molar-refractivity contribution in [2.75, 3.05) is 11.9 Å². The molecule has 0 amide bonds. The van der Waals surface area contributed by atoms with E-state index >= 15 is 0 Å². The van der Waals surface area contributed by atoms with Crippen LogP contribution in [0.3, 0.4) is 0 Å². The van der Waals surface area contributed by atoms with E-state index in [1.165, 1.54) is 6.92 Å². The number of carbonyl (C=O) groups excluding carboxylic acids is 2. The molecule has 8 nitrogen and oxygen atoms in total. The van der Waals surface area contributed by atoms with Crippen molar-refractivity contribution in [3.05, 3.63) is 39.4 Å². The quantitative estimate of drug-likeness (QED) is 0.358. The first-order valence-electron chi connectivity index (χ1n) is 5.27. The van der Waals surface area contributed by atoms with Gasteiger partial charge in [0, 0.05) is 11.3 Å². The molecule has 1 aromatic carbocycles. The molecule has 0 aromatic heterocycles. The highest BCUT2D eigenvalue weighted by Gasteiger charge is 2.08. The van der Waals surface area contributed by atoms with E-state index < -0.39 is 11.1 Å². The molecule has 0 spiro atoms. The zero-order valence-electron chi connectivity index (χ0n) is 10.3. The molecule has 0 fully saturated rings. The summed E-state index contributed by atoms with van der Waals surface area (Å²) in [5.74, 6) is -1.000. The summed E-state index contributed by atoms with van der Waals surface area (Å²) in [6, 6.07) is 4.91. The molecule has 1 N–H and O–H groups in total. The number of aryl methyl sites for hydroxylation is 1. The van der Waals surface area contributed by atoms with Crippen molar-refractivity contribution in [3.63, 3.8) is 0 Å². The van der Waals surface area contributed by atoms with Crippen LogP contribution >= 0.6 is 0 Å². The van der Waals surface area contributed by atoms with Crippen LogP contribution in [0.5, 0.6) is 0 Å². The lowest BCUT2D eigenvalue weighted by Crippen LogP contribution is -2.19. The molecule has 0 atom stereocenters. The Morgan fingerprint density at radius 1 is 1.42 bits per heavy atom. The van der Waals surface area contributed by atoms with E-state index in [0.717, 1.165) is 5.56 Å². The lowest BCUT2D eigenvalue weighted by Gasteiger charge is -2.09. The van der Waals surface area contributed by atoms with Gasteiger partial charge < -0.3 is 5.32 Å². The molecule has 0 saturated heterocycles. The van der Waals surface area contributed by atoms with Crippen LogP contribution in [-0.4, -0.2) is 23.4 Å². The van der Waals surface area contributed by atoms with Crippen molar-refractivity contribution in [2.45, 2.75) is 13.8 Å². The molecule has 0 heterocycles. The third-order valence-electron chi connectivity index (χ3n) is 2.25. The van der Waals surface area contributed by atoms with Crippen LogP contribution in [0.4, 0.5) is 5.69 Å². The number of anilines is 1. The van der Waals surface area contributed by atoms with Crippen LogP contribution in [0, 0.1) is 17.0 Å². The van der Waals surface area contributed by atoms with E-state index in [0.29, 0.717) is 11.3 Å². The fraction of sp³-hybridized carbons (Fsp3) is 0.273. The average molecular weight is 268 g/mol. The Morgan fingerprint density at radius 3 is 2.63 bits per heavy atom. The smallest absolute Gasteiger partial charge is 0.361 e. The zero-order chi connectivity index (χ0) is 14.4. The maximum Gasteiger partial charge on any atom is 0.361 e. The largest absolute Gasteiger partial charge is 0.374 e. The highest BCUT2D eigenvalue weighted by atomic mass is 17.3. The van der Waals surface area contributed by atoms with E-state index in [4.69, 9.17) is 0 Å². The van der Waals surface area contributed by atoms with Crippen molar-refractivity contribution in [1.82, 2.24) is 0 Å². The second-order valence-corrected chi connectivity index (χ2v) is 3.69. The predicted octanol–water partition coefficient (Wildman–Crippen LogP) is 1.28. The number of nitrogens with one attached hydrogen (secondary N) is 1. The van der Waals surface area contributed by atoms with Gasteiger partial charge in [0.1, 0.15) is 6.54 Å². The maximum atomic E-state index is 11.1. The van der Waals surface area contributed by atoms with Crippen molar-refractivity contribution >= 4 is 17.4 Å². The summed E-state index contributed by atoms with van der Waals surface area (Å²) in [7, 11) is 0. The summed E-state index contributed by atoms with van der Waals surface area (Å²) in [4.78, 5) is 39.3. The van der Waals surface area contributed by atoms with Gasteiger partial charge in [-0.3, -0.25) is 9.68 Å². The summed E-state index contributed by atoms with van der Waals surface area (Å²) in [6.45, 7) is 2.91. The van der Waals surface area contributed by atoms with Gasteiger partial charge in [0.05, 0.1) is 0 Å². The van der Waals surface area contributed by atoms with Gasteiger partial charge in [-0.15, -0.1) is 10.1 Å². The molecule has 0 saturated carbocycles. The van der Waals surface area contributed by atoms with Gasteiger partial charge in [0.2, 0.25) is 0 Å². The van der Waals surface area contributed by atoms with Gasteiger partial charge in [-0.2, -0.15) is 0 Å². The number of rotatable bonds is 6. The minimum atomic E-state index is -1.23.